The molecule has 6 heteroatoms. The molecule has 0 saturated carbocycles. The van der Waals surface area contributed by atoms with Crippen molar-refractivity contribution < 1.29 is 13.9 Å². The molecule has 1 aliphatic rings. The van der Waals surface area contributed by atoms with Gasteiger partial charge in [-0.1, -0.05) is 0 Å². The van der Waals surface area contributed by atoms with Crippen LogP contribution in [-0.2, 0) is 17.8 Å². The molecule has 0 amide bonds. The second kappa shape index (κ2) is 7.64. The largest absolute Gasteiger partial charge is 0.467 e. The zero-order chi connectivity index (χ0) is 16.9. The Morgan fingerprint density at radius 1 is 1.35 bits per heavy atom. The zero-order valence-electron chi connectivity index (χ0n) is 14.3. The molecule has 1 aromatic rings. The molecule has 0 radical (unpaired) electrons. The average Bonchev–Trinajstić information content (AvgIpc) is 2.45. The first-order valence-corrected chi connectivity index (χ1v) is 7.97. The van der Waals surface area contributed by atoms with Crippen LogP contribution in [0.3, 0.4) is 0 Å². The van der Waals surface area contributed by atoms with Gasteiger partial charge in [-0.25, -0.2) is 4.39 Å². The molecule has 0 aromatic heterocycles. The predicted molar refractivity (Wildman–Crippen MR) is 89.3 cm³/mol. The summed E-state index contributed by atoms with van der Waals surface area (Å²) in [5.41, 5.74) is 1.52. The van der Waals surface area contributed by atoms with E-state index in [0.29, 0.717) is 19.6 Å². The lowest BCUT2D eigenvalue weighted by atomic mass is 10.1. The van der Waals surface area contributed by atoms with E-state index >= 15 is 0 Å². The van der Waals surface area contributed by atoms with E-state index in [4.69, 9.17) is 9.47 Å². The first-order valence-electron chi connectivity index (χ1n) is 7.97. The number of rotatable bonds is 4. The Balaban J connectivity index is 2.07. The second-order valence-corrected chi connectivity index (χ2v) is 6.55. The molecule has 1 aromatic carbocycles. The molecule has 1 heterocycles. The molecule has 0 spiro atoms. The number of aliphatic imine (C=N–C) groups is 1. The summed E-state index contributed by atoms with van der Waals surface area (Å²) >= 11 is 0. The molecule has 0 bridgehead atoms. The Morgan fingerprint density at radius 2 is 2.13 bits per heavy atom. The number of hydrogen-bond acceptors (Lipinski definition) is 3. The lowest BCUT2D eigenvalue weighted by Gasteiger charge is -2.24. The van der Waals surface area contributed by atoms with E-state index in [1.54, 1.807) is 0 Å². The molecule has 5 nitrogen and oxygen atoms in total. The highest BCUT2D eigenvalue weighted by molar-refractivity contribution is 5.80. The van der Waals surface area contributed by atoms with Crippen LogP contribution in [0.4, 0.5) is 4.39 Å². The number of hydrogen-bond donors (Lipinski definition) is 2. The normalized spacial score (nSPS) is 14.9. The summed E-state index contributed by atoms with van der Waals surface area (Å²) in [6, 6.07) is 2.98. The summed E-state index contributed by atoms with van der Waals surface area (Å²) in [5, 5.41) is 6.54. The third kappa shape index (κ3) is 5.39. The second-order valence-electron chi connectivity index (χ2n) is 6.55. The molecule has 2 N–H and O–H groups in total. The van der Waals surface area contributed by atoms with Gasteiger partial charge in [-0.15, -0.1) is 0 Å². The highest BCUT2D eigenvalue weighted by atomic mass is 19.1. The summed E-state index contributed by atoms with van der Waals surface area (Å²) in [5.74, 6) is 1.23. The minimum Gasteiger partial charge on any atom is -0.467 e. The molecule has 1 aliphatic heterocycles. The molecule has 0 aliphatic carbocycles. The van der Waals surface area contributed by atoms with E-state index in [9.17, 15) is 4.39 Å². The molecular weight excluding hydrogens is 297 g/mol. The van der Waals surface area contributed by atoms with Gasteiger partial charge in [-0.2, -0.15) is 0 Å². The van der Waals surface area contributed by atoms with Crippen molar-refractivity contribution in [2.75, 3.05) is 19.9 Å². The van der Waals surface area contributed by atoms with Gasteiger partial charge in [0.25, 0.3) is 0 Å². The minimum atomic E-state index is -0.267. The minimum absolute atomic E-state index is 0.0700. The molecule has 0 unspecified atom stereocenters. The number of ether oxygens (including phenoxy) is 2. The van der Waals surface area contributed by atoms with Crippen molar-refractivity contribution in [1.82, 2.24) is 10.6 Å². The van der Waals surface area contributed by atoms with Crippen molar-refractivity contribution in [2.45, 2.75) is 46.3 Å². The van der Waals surface area contributed by atoms with Crippen molar-refractivity contribution in [3.05, 3.63) is 29.1 Å². The SMILES string of the molecule is CCNC(=NCCc1cc(F)cc2c1OCOC2)NC(C)(C)C. The molecule has 0 fully saturated rings. The van der Waals surface area contributed by atoms with Gasteiger partial charge in [0.2, 0.25) is 0 Å². The average molecular weight is 323 g/mol. The van der Waals surface area contributed by atoms with Crippen LogP contribution in [-0.4, -0.2) is 31.4 Å². The fourth-order valence-corrected chi connectivity index (χ4v) is 2.39. The van der Waals surface area contributed by atoms with Crippen LogP contribution in [0.15, 0.2) is 17.1 Å². The fraction of sp³-hybridized carbons (Fsp3) is 0.588. The number of fused-ring (bicyclic) bond motifs is 1. The summed E-state index contributed by atoms with van der Waals surface area (Å²) in [7, 11) is 0. The van der Waals surface area contributed by atoms with Crippen molar-refractivity contribution >= 4 is 5.96 Å². The zero-order valence-corrected chi connectivity index (χ0v) is 14.3. The van der Waals surface area contributed by atoms with Gasteiger partial charge in [-0.05, 0) is 51.8 Å². The molecule has 0 saturated heterocycles. The van der Waals surface area contributed by atoms with Gasteiger partial charge in [-0.3, -0.25) is 4.99 Å². The van der Waals surface area contributed by atoms with Gasteiger partial charge in [0.05, 0.1) is 6.61 Å². The maximum absolute atomic E-state index is 13.7. The monoisotopic (exact) mass is 323 g/mol. The predicted octanol–water partition coefficient (Wildman–Crippen LogP) is 2.59. The van der Waals surface area contributed by atoms with Gasteiger partial charge < -0.3 is 20.1 Å². The van der Waals surface area contributed by atoms with E-state index in [2.05, 4.69) is 36.4 Å². The standard InChI is InChI=1S/C17H26FN3O2/c1-5-19-16(21-17(2,3)4)20-7-6-12-8-14(18)9-13-10-22-11-23-15(12)13/h8-9H,5-7,10-11H2,1-4H3,(H2,19,20,21). The Labute approximate surface area is 137 Å². The van der Waals surface area contributed by atoms with Crippen LogP contribution >= 0.6 is 0 Å². The Hall–Kier alpha value is -1.82. The Bertz CT molecular complexity index is 568. The van der Waals surface area contributed by atoms with Gasteiger partial charge in [0.1, 0.15) is 11.6 Å². The van der Waals surface area contributed by atoms with Crippen LogP contribution in [0, 0.1) is 5.82 Å². The summed E-state index contributed by atoms with van der Waals surface area (Å²) in [6.45, 7) is 10.2. The van der Waals surface area contributed by atoms with Crippen molar-refractivity contribution in [3.8, 4) is 5.75 Å². The molecule has 23 heavy (non-hydrogen) atoms. The Morgan fingerprint density at radius 3 is 2.83 bits per heavy atom. The fourth-order valence-electron chi connectivity index (χ4n) is 2.39. The highest BCUT2D eigenvalue weighted by Crippen LogP contribution is 2.29. The lowest BCUT2D eigenvalue weighted by Crippen LogP contribution is -2.47. The topological polar surface area (TPSA) is 54.9 Å². The maximum atomic E-state index is 13.7. The lowest BCUT2D eigenvalue weighted by molar-refractivity contribution is -0.0172. The van der Waals surface area contributed by atoms with E-state index in [1.165, 1.54) is 12.1 Å². The van der Waals surface area contributed by atoms with Crippen LogP contribution in [0.5, 0.6) is 5.75 Å². The van der Waals surface area contributed by atoms with Crippen LogP contribution in [0.1, 0.15) is 38.8 Å². The molecular formula is C17H26FN3O2. The van der Waals surface area contributed by atoms with Gasteiger partial charge in [0.15, 0.2) is 12.8 Å². The van der Waals surface area contributed by atoms with Crippen molar-refractivity contribution in [2.24, 2.45) is 4.99 Å². The van der Waals surface area contributed by atoms with Crippen molar-refractivity contribution in [1.29, 1.82) is 0 Å². The van der Waals surface area contributed by atoms with E-state index < -0.39 is 0 Å². The number of benzene rings is 1. The van der Waals surface area contributed by atoms with Gasteiger partial charge in [0, 0.05) is 24.2 Å². The molecule has 128 valence electrons. The maximum Gasteiger partial charge on any atom is 0.191 e. The van der Waals surface area contributed by atoms with E-state index in [-0.39, 0.29) is 18.1 Å². The van der Waals surface area contributed by atoms with E-state index in [0.717, 1.165) is 29.4 Å². The summed E-state index contributed by atoms with van der Waals surface area (Å²) < 4.78 is 24.4. The van der Waals surface area contributed by atoms with Crippen LogP contribution < -0.4 is 15.4 Å². The van der Waals surface area contributed by atoms with Crippen LogP contribution in [0.2, 0.25) is 0 Å². The quantitative estimate of drug-likeness (QED) is 0.660. The Kier molecular flexibility index (Phi) is 5.82. The number of nitrogens with zero attached hydrogens (tertiary/aromatic N) is 1. The highest BCUT2D eigenvalue weighted by Gasteiger charge is 2.17. The van der Waals surface area contributed by atoms with Crippen molar-refractivity contribution in [3.63, 3.8) is 0 Å². The third-order valence-electron chi connectivity index (χ3n) is 3.24. The third-order valence-corrected chi connectivity index (χ3v) is 3.24. The summed E-state index contributed by atoms with van der Waals surface area (Å²) in [6.07, 6.45) is 0.612. The first-order chi connectivity index (χ1) is 10.9. The smallest absolute Gasteiger partial charge is 0.191 e. The summed E-state index contributed by atoms with van der Waals surface area (Å²) in [4.78, 5) is 4.56. The number of nitrogens with one attached hydrogen (secondary N) is 2. The van der Waals surface area contributed by atoms with Crippen LogP contribution in [0.25, 0.3) is 0 Å². The van der Waals surface area contributed by atoms with Gasteiger partial charge >= 0.3 is 0 Å². The molecule has 0 atom stereocenters. The number of guanidine groups is 1. The number of halogens is 1. The van der Waals surface area contributed by atoms with E-state index in [1.807, 2.05) is 6.92 Å². The first kappa shape index (κ1) is 17.5. The molecule has 2 rings (SSSR count).